The van der Waals surface area contributed by atoms with Crippen LogP contribution in [0.1, 0.15) is 31.2 Å². The van der Waals surface area contributed by atoms with E-state index >= 15 is 0 Å². The Kier molecular flexibility index (Phi) is 6.17. The summed E-state index contributed by atoms with van der Waals surface area (Å²) in [7, 11) is 0. The fourth-order valence-corrected chi connectivity index (χ4v) is 3.99. The fraction of sp³-hybridized carbons (Fsp3) is 0.381. The van der Waals surface area contributed by atoms with Gasteiger partial charge in [-0.25, -0.2) is 9.69 Å². The minimum absolute atomic E-state index is 0.260. The summed E-state index contributed by atoms with van der Waals surface area (Å²) in [4.78, 5) is 13.3. The number of halogens is 1. The van der Waals surface area contributed by atoms with Gasteiger partial charge in [0.15, 0.2) is 0 Å². The molecule has 0 aromatic heterocycles. The Morgan fingerprint density at radius 3 is 2.31 bits per heavy atom. The second kappa shape index (κ2) is 8.56. The number of rotatable bonds is 5. The van der Waals surface area contributed by atoms with Crippen molar-refractivity contribution in [2.45, 2.75) is 32.1 Å². The lowest BCUT2D eigenvalue weighted by Gasteiger charge is -2.29. The number of para-hydroxylation sites is 1. The molecular weight excluding hydrogens is 350 g/mol. The first-order chi connectivity index (χ1) is 12.6. The summed E-state index contributed by atoms with van der Waals surface area (Å²) < 4.78 is 0. The first kappa shape index (κ1) is 18.7. The van der Waals surface area contributed by atoms with Gasteiger partial charge in [0.1, 0.15) is 0 Å². The molecule has 0 radical (unpaired) electrons. The summed E-state index contributed by atoms with van der Waals surface area (Å²) in [6, 6.07) is 14.5. The Balaban J connectivity index is 1.89. The van der Waals surface area contributed by atoms with Crippen molar-refractivity contribution >= 4 is 29.1 Å². The molecule has 1 aliphatic rings. The Bertz CT molecular complexity index is 742. The van der Waals surface area contributed by atoms with Crippen LogP contribution in [-0.2, 0) is 6.42 Å². The van der Waals surface area contributed by atoms with Crippen LogP contribution in [0.5, 0.6) is 0 Å². The van der Waals surface area contributed by atoms with Gasteiger partial charge in [-0.1, -0.05) is 29.8 Å². The predicted molar refractivity (Wildman–Crippen MR) is 104 cm³/mol. The SMILES string of the molecule is O=C(O)N(c1ccccc1)c1ccc(Cl)cc1CC1CCC(CO)CC1. The van der Waals surface area contributed by atoms with E-state index in [0.29, 0.717) is 28.2 Å². The molecule has 0 spiro atoms. The van der Waals surface area contributed by atoms with Gasteiger partial charge in [0.05, 0.1) is 11.4 Å². The smallest absolute Gasteiger partial charge is 0.416 e. The van der Waals surface area contributed by atoms with E-state index < -0.39 is 6.09 Å². The van der Waals surface area contributed by atoms with Crippen molar-refractivity contribution in [2.75, 3.05) is 11.5 Å². The van der Waals surface area contributed by atoms with Gasteiger partial charge in [-0.15, -0.1) is 0 Å². The molecule has 3 rings (SSSR count). The van der Waals surface area contributed by atoms with Gasteiger partial charge in [-0.2, -0.15) is 0 Å². The van der Waals surface area contributed by atoms with E-state index in [-0.39, 0.29) is 6.61 Å². The highest BCUT2D eigenvalue weighted by Crippen LogP contribution is 2.36. The van der Waals surface area contributed by atoms with E-state index in [1.807, 2.05) is 24.3 Å². The molecule has 1 aliphatic carbocycles. The molecule has 1 amide bonds. The minimum Gasteiger partial charge on any atom is -0.464 e. The molecule has 5 heteroatoms. The predicted octanol–water partition coefficient (Wildman–Crippen LogP) is 5.50. The number of nitrogens with zero attached hydrogens (tertiary/aromatic N) is 1. The molecule has 2 N–H and O–H groups in total. The Morgan fingerprint density at radius 1 is 1.04 bits per heavy atom. The van der Waals surface area contributed by atoms with E-state index in [0.717, 1.165) is 37.7 Å². The van der Waals surface area contributed by atoms with Gasteiger partial charge in [-0.05, 0) is 79.8 Å². The third-order valence-corrected chi connectivity index (χ3v) is 5.46. The van der Waals surface area contributed by atoms with Crippen LogP contribution in [0, 0.1) is 11.8 Å². The number of anilines is 2. The van der Waals surface area contributed by atoms with Crippen LogP contribution in [0.25, 0.3) is 0 Å². The number of aliphatic hydroxyl groups excluding tert-OH is 1. The number of aliphatic hydroxyl groups is 1. The fourth-order valence-electron chi connectivity index (χ4n) is 3.79. The van der Waals surface area contributed by atoms with Crippen LogP contribution in [0.3, 0.4) is 0 Å². The molecular formula is C21H24ClNO3. The number of carbonyl (C=O) groups is 1. The summed E-state index contributed by atoms with van der Waals surface area (Å²) in [6.45, 7) is 0.260. The molecule has 0 unspecified atom stereocenters. The Labute approximate surface area is 159 Å². The number of benzene rings is 2. The van der Waals surface area contributed by atoms with Crippen LogP contribution in [0.15, 0.2) is 48.5 Å². The zero-order chi connectivity index (χ0) is 18.5. The van der Waals surface area contributed by atoms with Crippen LogP contribution in [0.2, 0.25) is 5.02 Å². The third kappa shape index (κ3) is 4.37. The molecule has 0 aliphatic heterocycles. The molecule has 0 heterocycles. The van der Waals surface area contributed by atoms with Gasteiger partial charge in [0.25, 0.3) is 0 Å². The molecule has 1 saturated carbocycles. The third-order valence-electron chi connectivity index (χ3n) is 5.22. The highest BCUT2D eigenvalue weighted by atomic mass is 35.5. The van der Waals surface area contributed by atoms with Gasteiger partial charge >= 0.3 is 6.09 Å². The topological polar surface area (TPSA) is 60.8 Å². The van der Waals surface area contributed by atoms with E-state index in [9.17, 15) is 15.0 Å². The van der Waals surface area contributed by atoms with Crippen molar-refractivity contribution in [3.63, 3.8) is 0 Å². The average Bonchev–Trinajstić information content (AvgIpc) is 2.65. The van der Waals surface area contributed by atoms with Gasteiger partial charge in [0, 0.05) is 11.6 Å². The van der Waals surface area contributed by atoms with Crippen molar-refractivity contribution in [1.82, 2.24) is 0 Å². The minimum atomic E-state index is -1.01. The largest absolute Gasteiger partial charge is 0.464 e. The van der Waals surface area contributed by atoms with E-state index in [2.05, 4.69) is 0 Å². The summed E-state index contributed by atoms with van der Waals surface area (Å²) in [5, 5.41) is 19.7. The van der Waals surface area contributed by atoms with E-state index in [1.165, 1.54) is 4.90 Å². The second-order valence-corrected chi connectivity index (χ2v) is 7.44. The molecule has 4 nitrogen and oxygen atoms in total. The highest BCUT2D eigenvalue weighted by Gasteiger charge is 2.25. The first-order valence-electron chi connectivity index (χ1n) is 9.06. The van der Waals surface area contributed by atoms with Crippen LogP contribution < -0.4 is 4.90 Å². The van der Waals surface area contributed by atoms with Gasteiger partial charge < -0.3 is 10.2 Å². The molecule has 2 aromatic carbocycles. The summed E-state index contributed by atoms with van der Waals surface area (Å²) in [5.74, 6) is 0.895. The van der Waals surface area contributed by atoms with Crippen LogP contribution >= 0.6 is 11.6 Å². The molecule has 0 saturated heterocycles. The molecule has 138 valence electrons. The normalized spacial score (nSPS) is 19.9. The number of hydrogen-bond donors (Lipinski definition) is 2. The Hall–Kier alpha value is -2.04. The van der Waals surface area contributed by atoms with Crippen LogP contribution in [-0.4, -0.2) is 22.9 Å². The monoisotopic (exact) mass is 373 g/mol. The van der Waals surface area contributed by atoms with Crippen LogP contribution in [0.4, 0.5) is 16.2 Å². The number of amides is 1. The maximum atomic E-state index is 12.0. The molecule has 26 heavy (non-hydrogen) atoms. The lowest BCUT2D eigenvalue weighted by Crippen LogP contribution is -2.25. The van der Waals surface area contributed by atoms with E-state index in [1.54, 1.807) is 24.3 Å². The van der Waals surface area contributed by atoms with Crippen molar-refractivity contribution in [2.24, 2.45) is 11.8 Å². The maximum Gasteiger partial charge on any atom is 0.416 e. The summed E-state index contributed by atoms with van der Waals surface area (Å²) in [5.41, 5.74) is 2.24. The van der Waals surface area contributed by atoms with Crippen molar-refractivity contribution in [3.05, 3.63) is 59.1 Å². The number of hydrogen-bond acceptors (Lipinski definition) is 2. The lowest BCUT2D eigenvalue weighted by atomic mass is 9.79. The summed E-state index contributed by atoms with van der Waals surface area (Å²) >= 11 is 6.21. The van der Waals surface area contributed by atoms with E-state index in [4.69, 9.17) is 11.6 Å². The Morgan fingerprint density at radius 2 is 1.69 bits per heavy atom. The molecule has 0 bridgehead atoms. The molecule has 0 atom stereocenters. The van der Waals surface area contributed by atoms with Crippen molar-refractivity contribution < 1.29 is 15.0 Å². The average molecular weight is 374 g/mol. The molecule has 1 fully saturated rings. The standard InChI is InChI=1S/C21H24ClNO3/c22-18-10-11-20(23(21(25)26)19-4-2-1-3-5-19)17(13-18)12-15-6-8-16(14-24)9-7-15/h1-5,10-11,13,15-16,24H,6-9,12,14H2,(H,25,26). The highest BCUT2D eigenvalue weighted by molar-refractivity contribution is 6.30. The van der Waals surface area contributed by atoms with Crippen molar-refractivity contribution in [1.29, 1.82) is 0 Å². The zero-order valence-electron chi connectivity index (χ0n) is 14.6. The number of carboxylic acid groups (broad SMARTS) is 1. The quantitative estimate of drug-likeness (QED) is 0.727. The summed E-state index contributed by atoms with van der Waals surface area (Å²) in [6.07, 6.45) is 3.94. The van der Waals surface area contributed by atoms with Crippen molar-refractivity contribution in [3.8, 4) is 0 Å². The maximum absolute atomic E-state index is 12.0. The molecule has 2 aromatic rings. The second-order valence-electron chi connectivity index (χ2n) is 7.00. The lowest BCUT2D eigenvalue weighted by molar-refractivity contribution is 0.167. The van der Waals surface area contributed by atoms with Gasteiger partial charge in [-0.3, -0.25) is 0 Å². The first-order valence-corrected chi connectivity index (χ1v) is 9.43. The van der Waals surface area contributed by atoms with Gasteiger partial charge in [0.2, 0.25) is 0 Å². The zero-order valence-corrected chi connectivity index (χ0v) is 15.4.